The van der Waals surface area contributed by atoms with E-state index in [1.54, 1.807) is 0 Å². The van der Waals surface area contributed by atoms with Gasteiger partial charge in [-0.1, -0.05) is 133 Å². The van der Waals surface area contributed by atoms with Crippen molar-refractivity contribution in [1.29, 1.82) is 0 Å². The molecule has 11 rings (SSSR count). The van der Waals surface area contributed by atoms with Crippen LogP contribution >= 0.6 is 0 Å². The predicted octanol–water partition coefficient (Wildman–Crippen LogP) is 13.2. The Kier molecular flexibility index (Phi) is 7.42. The highest BCUT2D eigenvalue weighted by Crippen LogP contribution is 2.39. The molecule has 3 heterocycles. The molecular weight excluding hydrogens is 685 g/mol. The van der Waals surface area contributed by atoms with Crippen molar-refractivity contribution in [2.75, 3.05) is 0 Å². The lowest BCUT2D eigenvalue weighted by atomic mass is 10.00. The zero-order valence-corrected chi connectivity index (χ0v) is 30.2. The lowest BCUT2D eigenvalue weighted by Crippen LogP contribution is -2.00. The first-order chi connectivity index (χ1) is 27.7. The molecular formula is C51H32N4O. The molecule has 0 fully saturated rings. The molecule has 0 radical (unpaired) electrons. The average Bonchev–Trinajstić information content (AvgIpc) is 3.82. The molecule has 0 saturated carbocycles. The molecule has 8 aromatic carbocycles. The minimum Gasteiger partial charge on any atom is -0.456 e. The summed E-state index contributed by atoms with van der Waals surface area (Å²) in [4.78, 5) is 14.8. The maximum absolute atomic E-state index is 6.39. The lowest BCUT2D eigenvalue weighted by molar-refractivity contribution is 0.669. The normalized spacial score (nSPS) is 11.6. The second-order valence-corrected chi connectivity index (χ2v) is 14.1. The minimum absolute atomic E-state index is 0.612. The first-order valence-electron chi connectivity index (χ1n) is 18.8. The van der Waals surface area contributed by atoms with Crippen molar-refractivity contribution in [2.24, 2.45) is 0 Å². The Morgan fingerprint density at radius 1 is 0.304 bits per heavy atom. The number of aromatic nitrogens is 4. The maximum atomic E-state index is 6.39. The predicted molar refractivity (Wildman–Crippen MR) is 229 cm³/mol. The fourth-order valence-corrected chi connectivity index (χ4v) is 7.92. The second kappa shape index (κ2) is 13.0. The van der Waals surface area contributed by atoms with Crippen LogP contribution in [0.2, 0.25) is 0 Å². The molecule has 11 aromatic rings. The minimum atomic E-state index is 0.612. The molecule has 0 bridgehead atoms. The van der Waals surface area contributed by atoms with Gasteiger partial charge in [0.25, 0.3) is 0 Å². The number of nitrogens with zero attached hydrogens (tertiary/aromatic N) is 4. The van der Waals surface area contributed by atoms with Gasteiger partial charge in [-0.3, -0.25) is 0 Å². The van der Waals surface area contributed by atoms with Crippen LogP contribution in [0.5, 0.6) is 0 Å². The Morgan fingerprint density at radius 3 is 1.43 bits per heavy atom. The molecule has 0 aliphatic heterocycles. The molecule has 56 heavy (non-hydrogen) atoms. The first-order valence-corrected chi connectivity index (χ1v) is 18.8. The molecule has 5 heteroatoms. The second-order valence-electron chi connectivity index (χ2n) is 14.1. The first kappa shape index (κ1) is 31.9. The van der Waals surface area contributed by atoms with E-state index in [1.807, 2.05) is 72.8 Å². The Hall–Kier alpha value is -7.63. The summed E-state index contributed by atoms with van der Waals surface area (Å²) < 4.78 is 8.76. The van der Waals surface area contributed by atoms with Gasteiger partial charge in [0.05, 0.1) is 11.0 Å². The number of furan rings is 1. The number of benzene rings is 8. The fourth-order valence-electron chi connectivity index (χ4n) is 7.92. The van der Waals surface area contributed by atoms with Gasteiger partial charge in [0, 0.05) is 43.9 Å². The van der Waals surface area contributed by atoms with E-state index in [1.165, 1.54) is 32.9 Å². The lowest BCUT2D eigenvalue weighted by Gasteiger charge is -2.11. The summed E-state index contributed by atoms with van der Waals surface area (Å²) in [5.74, 6) is 1.88. The van der Waals surface area contributed by atoms with Gasteiger partial charge in [-0.25, -0.2) is 15.0 Å². The molecule has 0 atom stereocenters. The van der Waals surface area contributed by atoms with Gasteiger partial charge in [-0.05, 0) is 82.9 Å². The molecule has 0 spiro atoms. The van der Waals surface area contributed by atoms with Crippen molar-refractivity contribution in [3.63, 3.8) is 0 Å². The van der Waals surface area contributed by atoms with Gasteiger partial charge in [-0.15, -0.1) is 0 Å². The fraction of sp³-hybridized carbons (Fsp3) is 0. The van der Waals surface area contributed by atoms with E-state index >= 15 is 0 Å². The van der Waals surface area contributed by atoms with Gasteiger partial charge in [0.15, 0.2) is 17.5 Å². The Labute approximate surface area is 322 Å². The van der Waals surface area contributed by atoms with E-state index in [9.17, 15) is 0 Å². The summed E-state index contributed by atoms with van der Waals surface area (Å²) in [6.45, 7) is 0. The SMILES string of the molecule is c1ccc(-c2cccc(-n3c4ccccc4c4cc(-c5ccc6oc7ccc(-c8nc(-c9ccccc9)nc(-c9ccccc9)n8)cc7c6c5)ccc43)c2)cc1. The van der Waals surface area contributed by atoms with Gasteiger partial charge in [-0.2, -0.15) is 0 Å². The number of hydrogen-bond acceptors (Lipinski definition) is 4. The number of fused-ring (bicyclic) bond motifs is 6. The third-order valence-electron chi connectivity index (χ3n) is 10.6. The zero-order chi connectivity index (χ0) is 37.0. The maximum Gasteiger partial charge on any atom is 0.164 e. The third kappa shape index (κ3) is 5.45. The summed E-state index contributed by atoms with van der Waals surface area (Å²) in [7, 11) is 0. The van der Waals surface area contributed by atoms with Crippen molar-refractivity contribution < 1.29 is 4.42 Å². The largest absolute Gasteiger partial charge is 0.456 e. The molecule has 262 valence electrons. The van der Waals surface area contributed by atoms with Crippen molar-refractivity contribution in [1.82, 2.24) is 19.5 Å². The summed E-state index contributed by atoms with van der Waals surface area (Å²) in [6, 6.07) is 67.6. The zero-order valence-electron chi connectivity index (χ0n) is 30.2. The Balaban J connectivity index is 1.03. The number of rotatable bonds is 6. The van der Waals surface area contributed by atoms with Crippen LogP contribution in [0.15, 0.2) is 199 Å². The Bertz CT molecular complexity index is 3180. The number of hydrogen-bond donors (Lipinski definition) is 0. The summed E-state index contributed by atoms with van der Waals surface area (Å²) in [6.07, 6.45) is 0. The molecule has 0 saturated heterocycles. The van der Waals surface area contributed by atoms with Gasteiger partial charge < -0.3 is 8.98 Å². The van der Waals surface area contributed by atoms with Crippen molar-refractivity contribution in [3.05, 3.63) is 194 Å². The summed E-state index contributed by atoms with van der Waals surface area (Å²) in [5.41, 5.74) is 12.6. The average molecular weight is 717 g/mol. The van der Waals surface area contributed by atoms with Crippen LogP contribution in [0.1, 0.15) is 0 Å². The summed E-state index contributed by atoms with van der Waals surface area (Å²) >= 11 is 0. The van der Waals surface area contributed by atoms with Gasteiger partial charge >= 0.3 is 0 Å². The standard InChI is InChI=1S/C51H32N4O/c1-4-13-33(14-5-1)36-19-12-20-40(29-36)55-45-22-11-10-21-41(45)42-30-37(23-26-46(42)55)38-24-27-47-43(31-38)44-32-39(25-28-48(44)56-47)51-53-49(34-15-6-2-7-16-34)52-50(54-51)35-17-8-3-9-18-35/h1-32H. The highest BCUT2D eigenvalue weighted by molar-refractivity contribution is 6.11. The highest BCUT2D eigenvalue weighted by atomic mass is 16.3. The van der Waals surface area contributed by atoms with Crippen molar-refractivity contribution >= 4 is 43.7 Å². The van der Waals surface area contributed by atoms with Gasteiger partial charge in [0.1, 0.15) is 11.2 Å². The van der Waals surface area contributed by atoms with E-state index in [-0.39, 0.29) is 0 Å². The van der Waals surface area contributed by atoms with Crippen LogP contribution in [-0.2, 0) is 0 Å². The van der Waals surface area contributed by atoms with Crippen LogP contribution in [0.4, 0.5) is 0 Å². The van der Waals surface area contributed by atoms with E-state index in [4.69, 9.17) is 19.4 Å². The monoisotopic (exact) mass is 716 g/mol. The highest BCUT2D eigenvalue weighted by Gasteiger charge is 2.17. The van der Waals surface area contributed by atoms with Crippen molar-refractivity contribution in [2.45, 2.75) is 0 Å². The molecule has 0 aliphatic carbocycles. The van der Waals surface area contributed by atoms with Crippen LogP contribution in [0.3, 0.4) is 0 Å². The van der Waals surface area contributed by atoms with E-state index in [0.29, 0.717) is 17.5 Å². The van der Waals surface area contributed by atoms with E-state index in [0.717, 1.165) is 55.4 Å². The van der Waals surface area contributed by atoms with E-state index in [2.05, 4.69) is 126 Å². The molecule has 5 nitrogen and oxygen atoms in total. The molecule has 3 aromatic heterocycles. The smallest absolute Gasteiger partial charge is 0.164 e. The van der Waals surface area contributed by atoms with E-state index < -0.39 is 0 Å². The van der Waals surface area contributed by atoms with Crippen LogP contribution in [0.25, 0.3) is 106 Å². The number of para-hydroxylation sites is 1. The molecule has 0 unspecified atom stereocenters. The third-order valence-corrected chi connectivity index (χ3v) is 10.6. The molecule has 0 amide bonds. The van der Waals surface area contributed by atoms with Gasteiger partial charge in [0.2, 0.25) is 0 Å². The van der Waals surface area contributed by atoms with Crippen LogP contribution in [-0.4, -0.2) is 19.5 Å². The molecule has 0 N–H and O–H groups in total. The van der Waals surface area contributed by atoms with Crippen LogP contribution in [0, 0.1) is 0 Å². The van der Waals surface area contributed by atoms with Crippen LogP contribution < -0.4 is 0 Å². The topological polar surface area (TPSA) is 56.7 Å². The quantitative estimate of drug-likeness (QED) is 0.172. The Morgan fingerprint density at radius 2 is 0.768 bits per heavy atom. The summed E-state index contributed by atoms with van der Waals surface area (Å²) in [5, 5.41) is 4.48. The molecule has 0 aliphatic rings. The van der Waals surface area contributed by atoms with Crippen molar-refractivity contribution in [3.8, 4) is 62.1 Å².